The average molecular weight is 258 g/mol. The van der Waals surface area contributed by atoms with Crippen molar-refractivity contribution < 1.29 is 14.6 Å². The smallest absolute Gasteiger partial charge is 0.335 e. The molecule has 5 heteroatoms. The first kappa shape index (κ1) is 10.8. The molecule has 2 aliphatic rings. The van der Waals surface area contributed by atoms with Crippen LogP contribution in [-0.4, -0.2) is 26.8 Å². The molecule has 5 nitrogen and oxygen atoms in total. The third-order valence-corrected chi connectivity index (χ3v) is 3.60. The van der Waals surface area contributed by atoms with E-state index in [0.717, 1.165) is 24.1 Å². The van der Waals surface area contributed by atoms with Crippen LogP contribution in [0.15, 0.2) is 18.2 Å². The minimum absolute atomic E-state index is 0.223. The molecule has 0 aromatic carbocycles. The number of hydrogen-bond donors (Lipinski definition) is 1. The van der Waals surface area contributed by atoms with Crippen molar-refractivity contribution in [2.75, 3.05) is 0 Å². The van der Waals surface area contributed by atoms with Crippen LogP contribution in [0, 0.1) is 0 Å². The molecular formula is C14H14N2O3. The zero-order chi connectivity index (χ0) is 13.0. The van der Waals surface area contributed by atoms with E-state index in [9.17, 15) is 4.79 Å². The molecule has 2 aromatic rings. The molecule has 98 valence electrons. The molecule has 0 aliphatic heterocycles. The Morgan fingerprint density at radius 2 is 2.05 bits per heavy atom. The molecule has 4 rings (SSSR count). The van der Waals surface area contributed by atoms with Gasteiger partial charge in [0.15, 0.2) is 0 Å². The number of fused-ring (bicyclic) bond motifs is 1. The summed E-state index contributed by atoms with van der Waals surface area (Å²) in [5.41, 5.74) is 2.10. The zero-order valence-corrected chi connectivity index (χ0v) is 10.4. The summed E-state index contributed by atoms with van der Waals surface area (Å²) in [4.78, 5) is 11.2. The van der Waals surface area contributed by atoms with E-state index in [2.05, 4.69) is 5.10 Å². The Balaban J connectivity index is 1.85. The number of aromatic carboxylic acids is 1. The Labute approximate surface area is 109 Å². The number of hydrogen-bond acceptors (Lipinski definition) is 3. The minimum atomic E-state index is -0.933. The van der Waals surface area contributed by atoms with Gasteiger partial charge in [-0.3, -0.25) is 0 Å². The Morgan fingerprint density at radius 1 is 1.26 bits per heavy atom. The van der Waals surface area contributed by atoms with Crippen LogP contribution < -0.4 is 4.74 Å². The molecule has 0 amide bonds. The third kappa shape index (κ3) is 1.95. The van der Waals surface area contributed by atoms with E-state index < -0.39 is 5.97 Å². The van der Waals surface area contributed by atoms with Crippen LogP contribution in [0.4, 0.5) is 0 Å². The van der Waals surface area contributed by atoms with Gasteiger partial charge in [-0.25, -0.2) is 9.31 Å². The molecule has 2 aromatic heterocycles. The Hall–Kier alpha value is -2.04. The summed E-state index contributed by atoms with van der Waals surface area (Å²) in [5, 5.41) is 13.7. The summed E-state index contributed by atoms with van der Waals surface area (Å²) in [5.74, 6) is 0.156. The fourth-order valence-electron chi connectivity index (χ4n) is 2.23. The summed E-state index contributed by atoms with van der Waals surface area (Å²) in [6.45, 7) is 0. The fraction of sp³-hybridized carbons (Fsp3) is 0.429. The molecule has 0 radical (unpaired) electrons. The lowest BCUT2D eigenvalue weighted by Crippen LogP contribution is -2.06. The van der Waals surface area contributed by atoms with Gasteiger partial charge in [0.25, 0.3) is 0 Å². The van der Waals surface area contributed by atoms with E-state index in [1.807, 2.05) is 6.07 Å². The molecule has 1 N–H and O–H groups in total. The van der Waals surface area contributed by atoms with Gasteiger partial charge in [0.1, 0.15) is 6.10 Å². The van der Waals surface area contributed by atoms with Crippen molar-refractivity contribution in [1.29, 1.82) is 0 Å². The maximum Gasteiger partial charge on any atom is 0.335 e. The second-order valence-corrected chi connectivity index (χ2v) is 5.38. The van der Waals surface area contributed by atoms with Crippen molar-refractivity contribution in [2.45, 2.75) is 37.7 Å². The molecule has 2 aliphatic carbocycles. The Morgan fingerprint density at radius 3 is 2.68 bits per heavy atom. The second-order valence-electron chi connectivity index (χ2n) is 5.38. The van der Waals surface area contributed by atoms with Crippen LogP contribution >= 0.6 is 0 Å². The molecule has 2 fully saturated rings. The number of pyridine rings is 1. The zero-order valence-electron chi connectivity index (χ0n) is 10.4. The monoisotopic (exact) mass is 258 g/mol. The van der Waals surface area contributed by atoms with Crippen LogP contribution in [-0.2, 0) is 0 Å². The molecular weight excluding hydrogens is 244 g/mol. The van der Waals surface area contributed by atoms with Crippen molar-refractivity contribution in [1.82, 2.24) is 9.61 Å². The highest BCUT2D eigenvalue weighted by atomic mass is 16.5. The first-order valence-electron chi connectivity index (χ1n) is 6.64. The molecule has 0 unspecified atom stereocenters. The van der Waals surface area contributed by atoms with Crippen LogP contribution in [0.5, 0.6) is 5.88 Å². The number of carboxylic acid groups (broad SMARTS) is 1. The van der Waals surface area contributed by atoms with Crippen molar-refractivity contribution in [3.05, 3.63) is 29.5 Å². The number of rotatable bonds is 4. The normalized spacial score (nSPS) is 18.7. The number of aromatic nitrogens is 2. The number of nitrogens with zero attached hydrogens (tertiary/aromatic N) is 2. The standard InChI is InChI=1S/C14H14N2O3/c17-14(18)9-5-10-7-12(8-1-2-8)15-16(10)13(6-9)19-11-3-4-11/h5-8,11H,1-4H2,(H,17,18). The van der Waals surface area contributed by atoms with Gasteiger partial charge in [0, 0.05) is 12.0 Å². The topological polar surface area (TPSA) is 63.8 Å². The molecule has 2 saturated carbocycles. The SMILES string of the molecule is O=C(O)c1cc(OC2CC2)n2nc(C3CC3)cc2c1. The van der Waals surface area contributed by atoms with Crippen molar-refractivity contribution in [2.24, 2.45) is 0 Å². The molecule has 0 bridgehead atoms. The van der Waals surface area contributed by atoms with Crippen molar-refractivity contribution >= 4 is 11.5 Å². The number of carboxylic acids is 1. The number of carbonyl (C=O) groups is 1. The van der Waals surface area contributed by atoms with Crippen LogP contribution in [0.1, 0.15) is 47.7 Å². The van der Waals surface area contributed by atoms with E-state index in [1.54, 1.807) is 16.6 Å². The van der Waals surface area contributed by atoms with E-state index in [0.29, 0.717) is 11.8 Å². The molecule has 0 saturated heterocycles. The summed E-state index contributed by atoms with van der Waals surface area (Å²) >= 11 is 0. The second kappa shape index (κ2) is 3.73. The van der Waals surface area contributed by atoms with Gasteiger partial charge in [-0.05, 0) is 37.8 Å². The average Bonchev–Trinajstić information content (AvgIpc) is 3.28. The molecule has 0 atom stereocenters. The van der Waals surface area contributed by atoms with Crippen LogP contribution in [0.2, 0.25) is 0 Å². The van der Waals surface area contributed by atoms with Gasteiger partial charge in [0.05, 0.1) is 16.8 Å². The largest absolute Gasteiger partial charge is 0.478 e. The summed E-state index contributed by atoms with van der Waals surface area (Å²) in [6.07, 6.45) is 4.65. The van der Waals surface area contributed by atoms with Gasteiger partial charge in [0.2, 0.25) is 5.88 Å². The van der Waals surface area contributed by atoms with Gasteiger partial charge in [-0.1, -0.05) is 0 Å². The van der Waals surface area contributed by atoms with Crippen molar-refractivity contribution in [3.63, 3.8) is 0 Å². The predicted octanol–water partition coefficient (Wildman–Crippen LogP) is 2.45. The van der Waals surface area contributed by atoms with Crippen LogP contribution in [0.3, 0.4) is 0 Å². The Kier molecular flexibility index (Phi) is 2.13. The molecule has 0 spiro atoms. The molecule has 19 heavy (non-hydrogen) atoms. The van der Waals surface area contributed by atoms with E-state index >= 15 is 0 Å². The quantitative estimate of drug-likeness (QED) is 0.914. The Bertz CT molecular complexity index is 669. The number of ether oxygens (including phenoxy) is 1. The highest BCUT2D eigenvalue weighted by molar-refractivity contribution is 5.89. The highest BCUT2D eigenvalue weighted by Gasteiger charge is 2.29. The van der Waals surface area contributed by atoms with Gasteiger partial charge in [-0.15, -0.1) is 0 Å². The third-order valence-electron chi connectivity index (χ3n) is 3.60. The minimum Gasteiger partial charge on any atom is -0.478 e. The summed E-state index contributed by atoms with van der Waals surface area (Å²) in [7, 11) is 0. The lowest BCUT2D eigenvalue weighted by atomic mass is 10.2. The maximum absolute atomic E-state index is 11.2. The van der Waals surface area contributed by atoms with Crippen molar-refractivity contribution in [3.8, 4) is 5.88 Å². The van der Waals surface area contributed by atoms with Gasteiger partial charge in [-0.2, -0.15) is 5.10 Å². The lowest BCUT2D eigenvalue weighted by molar-refractivity contribution is 0.0696. The van der Waals surface area contributed by atoms with E-state index in [1.165, 1.54) is 12.8 Å². The summed E-state index contributed by atoms with van der Waals surface area (Å²) in [6, 6.07) is 5.20. The van der Waals surface area contributed by atoms with Crippen LogP contribution in [0.25, 0.3) is 5.52 Å². The molecule has 2 heterocycles. The highest BCUT2D eigenvalue weighted by Crippen LogP contribution is 2.40. The first-order valence-corrected chi connectivity index (χ1v) is 6.64. The van der Waals surface area contributed by atoms with Gasteiger partial charge >= 0.3 is 5.97 Å². The predicted molar refractivity (Wildman–Crippen MR) is 67.8 cm³/mol. The van der Waals surface area contributed by atoms with E-state index in [-0.39, 0.29) is 11.7 Å². The lowest BCUT2D eigenvalue weighted by Gasteiger charge is -2.07. The fourth-order valence-corrected chi connectivity index (χ4v) is 2.23. The maximum atomic E-state index is 11.2. The van der Waals surface area contributed by atoms with Gasteiger partial charge < -0.3 is 9.84 Å². The van der Waals surface area contributed by atoms with E-state index in [4.69, 9.17) is 9.84 Å². The first-order chi connectivity index (χ1) is 9.20. The summed E-state index contributed by atoms with van der Waals surface area (Å²) < 4.78 is 7.51.